The molecule has 1 atom stereocenters. The van der Waals surface area contributed by atoms with Crippen LogP contribution in [-0.2, 0) is 6.54 Å². The van der Waals surface area contributed by atoms with Crippen molar-refractivity contribution in [3.05, 3.63) is 34.9 Å². The first-order chi connectivity index (χ1) is 7.67. The Morgan fingerprint density at radius 1 is 1.44 bits per heavy atom. The maximum Gasteiger partial charge on any atom is 0.0991 e. The fraction of sp³-hybridized carbons (Fsp3) is 0.500. The molecule has 0 heterocycles. The van der Waals surface area contributed by atoms with Gasteiger partial charge >= 0.3 is 0 Å². The van der Waals surface area contributed by atoms with Crippen molar-refractivity contribution in [3.63, 3.8) is 0 Å². The lowest BCUT2D eigenvalue weighted by Crippen LogP contribution is -2.25. The van der Waals surface area contributed by atoms with Gasteiger partial charge in [-0.05, 0) is 43.5 Å². The van der Waals surface area contributed by atoms with Crippen molar-refractivity contribution in [2.45, 2.75) is 46.2 Å². The summed E-state index contributed by atoms with van der Waals surface area (Å²) in [6.45, 7) is 7.36. The van der Waals surface area contributed by atoms with Crippen molar-refractivity contribution in [3.8, 4) is 6.07 Å². The van der Waals surface area contributed by atoms with Gasteiger partial charge in [0.2, 0.25) is 0 Å². The van der Waals surface area contributed by atoms with Gasteiger partial charge in [-0.1, -0.05) is 19.4 Å². The van der Waals surface area contributed by atoms with E-state index in [0.717, 1.165) is 12.1 Å². The van der Waals surface area contributed by atoms with Crippen molar-refractivity contribution < 1.29 is 0 Å². The van der Waals surface area contributed by atoms with Crippen molar-refractivity contribution in [1.82, 2.24) is 5.32 Å². The van der Waals surface area contributed by atoms with Crippen LogP contribution in [0.4, 0.5) is 0 Å². The summed E-state index contributed by atoms with van der Waals surface area (Å²) in [4.78, 5) is 0. The van der Waals surface area contributed by atoms with Gasteiger partial charge in [-0.2, -0.15) is 5.26 Å². The number of nitriles is 1. The molecule has 0 aliphatic carbocycles. The van der Waals surface area contributed by atoms with Crippen LogP contribution in [0, 0.1) is 18.3 Å². The summed E-state index contributed by atoms with van der Waals surface area (Å²) in [7, 11) is 0. The Balaban J connectivity index is 2.58. The molecule has 1 aromatic carbocycles. The Kier molecular flexibility index (Phi) is 5.01. The van der Waals surface area contributed by atoms with Crippen LogP contribution in [0.15, 0.2) is 18.2 Å². The molecule has 1 unspecified atom stereocenters. The van der Waals surface area contributed by atoms with Gasteiger partial charge in [0, 0.05) is 12.6 Å². The molecule has 0 fully saturated rings. The summed E-state index contributed by atoms with van der Waals surface area (Å²) in [6, 6.07) is 8.59. The molecule has 16 heavy (non-hydrogen) atoms. The summed E-state index contributed by atoms with van der Waals surface area (Å²) in [5.74, 6) is 0. The second-order valence-electron chi connectivity index (χ2n) is 4.32. The van der Waals surface area contributed by atoms with E-state index in [-0.39, 0.29) is 0 Å². The van der Waals surface area contributed by atoms with Crippen molar-refractivity contribution >= 4 is 0 Å². The maximum atomic E-state index is 8.78. The number of benzene rings is 1. The molecule has 0 saturated heterocycles. The highest BCUT2D eigenvalue weighted by molar-refractivity contribution is 5.37. The Bertz CT molecular complexity index is 377. The fourth-order valence-electron chi connectivity index (χ4n) is 1.78. The molecule has 1 N–H and O–H groups in total. The lowest BCUT2D eigenvalue weighted by atomic mass is 10.1. The third-order valence-corrected chi connectivity index (χ3v) is 2.83. The first-order valence-corrected chi connectivity index (χ1v) is 5.90. The molecule has 0 aromatic heterocycles. The predicted molar refractivity (Wildman–Crippen MR) is 67.1 cm³/mol. The third kappa shape index (κ3) is 3.67. The number of hydrogen-bond donors (Lipinski definition) is 1. The van der Waals surface area contributed by atoms with E-state index in [1.807, 2.05) is 18.2 Å². The number of nitrogens with zero attached hydrogens (tertiary/aromatic N) is 1. The van der Waals surface area contributed by atoms with Gasteiger partial charge in [-0.25, -0.2) is 0 Å². The second-order valence-corrected chi connectivity index (χ2v) is 4.32. The van der Waals surface area contributed by atoms with E-state index in [2.05, 4.69) is 32.2 Å². The number of rotatable bonds is 5. The van der Waals surface area contributed by atoms with E-state index >= 15 is 0 Å². The van der Waals surface area contributed by atoms with Crippen LogP contribution < -0.4 is 5.32 Å². The fourth-order valence-corrected chi connectivity index (χ4v) is 1.78. The molecule has 0 saturated carbocycles. The molecule has 1 rings (SSSR count). The molecule has 1 aromatic rings. The zero-order chi connectivity index (χ0) is 12.0. The Morgan fingerprint density at radius 3 is 2.75 bits per heavy atom. The Labute approximate surface area is 98.3 Å². The van der Waals surface area contributed by atoms with Crippen molar-refractivity contribution in [2.75, 3.05) is 0 Å². The van der Waals surface area contributed by atoms with E-state index in [0.29, 0.717) is 6.04 Å². The first kappa shape index (κ1) is 12.7. The maximum absolute atomic E-state index is 8.78. The minimum absolute atomic E-state index is 0.556. The lowest BCUT2D eigenvalue weighted by molar-refractivity contribution is 0.508. The van der Waals surface area contributed by atoms with Crippen molar-refractivity contribution in [1.29, 1.82) is 5.26 Å². The zero-order valence-electron chi connectivity index (χ0n) is 10.4. The van der Waals surface area contributed by atoms with Gasteiger partial charge in [-0.3, -0.25) is 0 Å². The smallest absolute Gasteiger partial charge is 0.0991 e. The van der Waals surface area contributed by atoms with Gasteiger partial charge in [-0.15, -0.1) is 0 Å². The van der Waals surface area contributed by atoms with Crippen molar-refractivity contribution in [2.24, 2.45) is 0 Å². The van der Waals surface area contributed by atoms with E-state index in [1.165, 1.54) is 24.0 Å². The zero-order valence-corrected chi connectivity index (χ0v) is 10.4. The quantitative estimate of drug-likeness (QED) is 0.820. The molecule has 86 valence electrons. The van der Waals surface area contributed by atoms with E-state index in [4.69, 9.17) is 5.26 Å². The highest BCUT2D eigenvalue weighted by Gasteiger charge is 2.03. The lowest BCUT2D eigenvalue weighted by Gasteiger charge is -2.14. The highest BCUT2D eigenvalue weighted by Crippen LogP contribution is 2.10. The Morgan fingerprint density at radius 2 is 2.19 bits per heavy atom. The molecule has 0 amide bonds. The number of aryl methyl sites for hydroxylation is 1. The van der Waals surface area contributed by atoms with Crippen LogP contribution in [0.5, 0.6) is 0 Å². The van der Waals surface area contributed by atoms with Gasteiger partial charge in [0.25, 0.3) is 0 Å². The SMILES string of the molecule is CCCC(C)NCc1ccc(C#N)cc1C. The van der Waals surface area contributed by atoms with E-state index < -0.39 is 0 Å². The molecule has 2 heteroatoms. The highest BCUT2D eigenvalue weighted by atomic mass is 14.9. The Hall–Kier alpha value is -1.33. The molecule has 0 bridgehead atoms. The first-order valence-electron chi connectivity index (χ1n) is 5.90. The summed E-state index contributed by atoms with van der Waals surface area (Å²) in [6.07, 6.45) is 2.41. The average molecular weight is 216 g/mol. The van der Waals surface area contributed by atoms with Crippen LogP contribution in [0.25, 0.3) is 0 Å². The van der Waals surface area contributed by atoms with E-state index in [1.54, 1.807) is 0 Å². The monoisotopic (exact) mass is 216 g/mol. The molecule has 0 aliphatic rings. The standard InChI is InChI=1S/C14H20N2/c1-4-5-12(3)16-10-14-7-6-13(9-15)8-11(14)2/h6-8,12,16H,4-5,10H2,1-3H3. The van der Waals surface area contributed by atoms with Crippen LogP contribution in [-0.4, -0.2) is 6.04 Å². The largest absolute Gasteiger partial charge is 0.310 e. The van der Waals surface area contributed by atoms with Crippen LogP contribution in [0.2, 0.25) is 0 Å². The molecule has 0 radical (unpaired) electrons. The normalized spacial score (nSPS) is 12.1. The summed E-state index contributed by atoms with van der Waals surface area (Å²) in [5.41, 5.74) is 3.21. The van der Waals surface area contributed by atoms with Crippen LogP contribution >= 0.6 is 0 Å². The van der Waals surface area contributed by atoms with E-state index in [9.17, 15) is 0 Å². The topological polar surface area (TPSA) is 35.8 Å². The molecule has 0 spiro atoms. The van der Waals surface area contributed by atoms with Gasteiger partial charge in [0.1, 0.15) is 0 Å². The summed E-state index contributed by atoms with van der Waals surface area (Å²) in [5, 5.41) is 12.3. The minimum Gasteiger partial charge on any atom is -0.310 e. The van der Waals surface area contributed by atoms with Crippen LogP contribution in [0.1, 0.15) is 43.4 Å². The number of nitrogens with one attached hydrogen (secondary N) is 1. The van der Waals surface area contributed by atoms with Gasteiger partial charge < -0.3 is 5.32 Å². The third-order valence-electron chi connectivity index (χ3n) is 2.83. The van der Waals surface area contributed by atoms with Crippen LogP contribution in [0.3, 0.4) is 0 Å². The molecular formula is C14H20N2. The van der Waals surface area contributed by atoms with Gasteiger partial charge in [0.15, 0.2) is 0 Å². The predicted octanol–water partition coefficient (Wildman–Crippen LogP) is 3.14. The summed E-state index contributed by atoms with van der Waals surface area (Å²) >= 11 is 0. The molecular weight excluding hydrogens is 196 g/mol. The van der Waals surface area contributed by atoms with Gasteiger partial charge in [0.05, 0.1) is 11.6 Å². The molecule has 0 aliphatic heterocycles. The minimum atomic E-state index is 0.556. The second kappa shape index (κ2) is 6.30. The number of hydrogen-bond acceptors (Lipinski definition) is 2. The molecule has 2 nitrogen and oxygen atoms in total. The average Bonchev–Trinajstić information content (AvgIpc) is 2.27. The summed E-state index contributed by atoms with van der Waals surface area (Å²) < 4.78 is 0.